The number of pyridine rings is 1. The number of benzene rings is 2. The minimum absolute atomic E-state index is 0.252. The molecule has 4 rings (SSSR count). The van der Waals surface area contributed by atoms with Gasteiger partial charge in [0.2, 0.25) is 0 Å². The van der Waals surface area contributed by atoms with Crippen LogP contribution in [0.4, 0.5) is 0 Å². The lowest BCUT2D eigenvalue weighted by atomic mass is 10.0. The summed E-state index contributed by atoms with van der Waals surface area (Å²) in [5.74, 6) is -0.252. The summed E-state index contributed by atoms with van der Waals surface area (Å²) in [5.41, 5.74) is 8.05. The van der Waals surface area contributed by atoms with Gasteiger partial charge in [-0.25, -0.2) is 10.4 Å². The molecule has 0 radical (unpaired) electrons. The quantitative estimate of drug-likeness (QED) is 0.381. The first-order valence-electron chi connectivity index (χ1n) is 8.96. The highest BCUT2D eigenvalue weighted by molar-refractivity contribution is 7.11. The highest BCUT2D eigenvalue weighted by Gasteiger charge is 2.13. The van der Waals surface area contributed by atoms with Gasteiger partial charge in [0.05, 0.1) is 23.0 Å². The summed E-state index contributed by atoms with van der Waals surface area (Å²) < 4.78 is 0. The second kappa shape index (κ2) is 7.74. The minimum Gasteiger partial charge on any atom is -0.267 e. The van der Waals surface area contributed by atoms with Crippen LogP contribution in [0.2, 0.25) is 0 Å². The SMILES string of the molecule is Cc1ccc(-c2cc(C(=O)NN=Cc3sccc3C)c3ccccc3n2)cc1. The van der Waals surface area contributed by atoms with Crippen LogP contribution in [0.5, 0.6) is 0 Å². The smallest absolute Gasteiger partial charge is 0.267 e. The van der Waals surface area contributed by atoms with Crippen molar-refractivity contribution in [2.24, 2.45) is 5.10 Å². The van der Waals surface area contributed by atoms with Gasteiger partial charge in [0.1, 0.15) is 0 Å². The van der Waals surface area contributed by atoms with Crippen LogP contribution < -0.4 is 5.43 Å². The molecule has 28 heavy (non-hydrogen) atoms. The van der Waals surface area contributed by atoms with Gasteiger partial charge in [0.25, 0.3) is 5.91 Å². The van der Waals surface area contributed by atoms with Gasteiger partial charge >= 0.3 is 0 Å². The minimum atomic E-state index is -0.252. The number of nitrogens with zero attached hydrogens (tertiary/aromatic N) is 2. The number of hydrogen-bond acceptors (Lipinski definition) is 4. The number of carbonyl (C=O) groups is 1. The molecule has 0 spiro atoms. The van der Waals surface area contributed by atoms with Gasteiger partial charge in [-0.05, 0) is 43.0 Å². The number of para-hydroxylation sites is 1. The van der Waals surface area contributed by atoms with E-state index in [1.807, 2.05) is 79.9 Å². The number of thiophene rings is 1. The van der Waals surface area contributed by atoms with Crippen molar-refractivity contribution in [1.29, 1.82) is 0 Å². The van der Waals surface area contributed by atoms with Crippen molar-refractivity contribution < 1.29 is 4.79 Å². The lowest BCUT2D eigenvalue weighted by Crippen LogP contribution is -2.18. The van der Waals surface area contributed by atoms with Crippen LogP contribution in [0, 0.1) is 13.8 Å². The molecule has 0 aliphatic heterocycles. The number of hydrogen-bond donors (Lipinski definition) is 1. The molecule has 2 aromatic heterocycles. The Bertz CT molecular complexity index is 1180. The normalized spacial score (nSPS) is 11.2. The molecule has 1 amide bonds. The molecule has 138 valence electrons. The molecule has 0 unspecified atom stereocenters. The maximum absolute atomic E-state index is 12.9. The second-order valence-electron chi connectivity index (χ2n) is 6.61. The molecular formula is C23H19N3OS. The zero-order chi connectivity index (χ0) is 19.5. The Morgan fingerprint density at radius 1 is 1.07 bits per heavy atom. The Kier molecular flexibility index (Phi) is 5.00. The van der Waals surface area contributed by atoms with Gasteiger partial charge in [-0.15, -0.1) is 11.3 Å². The van der Waals surface area contributed by atoms with E-state index in [4.69, 9.17) is 4.98 Å². The van der Waals surface area contributed by atoms with E-state index in [-0.39, 0.29) is 5.91 Å². The van der Waals surface area contributed by atoms with E-state index < -0.39 is 0 Å². The van der Waals surface area contributed by atoms with Crippen molar-refractivity contribution in [3.8, 4) is 11.3 Å². The Morgan fingerprint density at radius 2 is 1.86 bits per heavy atom. The zero-order valence-electron chi connectivity index (χ0n) is 15.6. The fraction of sp³-hybridized carbons (Fsp3) is 0.0870. The number of fused-ring (bicyclic) bond motifs is 1. The first-order chi connectivity index (χ1) is 13.6. The molecule has 4 aromatic rings. The first-order valence-corrected chi connectivity index (χ1v) is 9.84. The predicted octanol–water partition coefficient (Wildman–Crippen LogP) is 5.34. The summed E-state index contributed by atoms with van der Waals surface area (Å²) in [7, 11) is 0. The average molecular weight is 385 g/mol. The lowest BCUT2D eigenvalue weighted by molar-refractivity contribution is 0.0956. The van der Waals surface area contributed by atoms with E-state index in [0.29, 0.717) is 5.56 Å². The Hall–Kier alpha value is -3.31. The lowest BCUT2D eigenvalue weighted by Gasteiger charge is -2.09. The van der Waals surface area contributed by atoms with E-state index in [1.165, 1.54) is 5.56 Å². The Morgan fingerprint density at radius 3 is 2.61 bits per heavy atom. The summed E-state index contributed by atoms with van der Waals surface area (Å²) in [6, 6.07) is 19.6. The van der Waals surface area contributed by atoms with E-state index in [9.17, 15) is 4.79 Å². The van der Waals surface area contributed by atoms with Crippen LogP contribution in [0.15, 0.2) is 71.1 Å². The summed E-state index contributed by atoms with van der Waals surface area (Å²) in [6.07, 6.45) is 1.68. The molecule has 0 fully saturated rings. The highest BCUT2D eigenvalue weighted by Crippen LogP contribution is 2.25. The van der Waals surface area contributed by atoms with Crippen LogP contribution in [-0.4, -0.2) is 17.1 Å². The van der Waals surface area contributed by atoms with Crippen molar-refractivity contribution in [2.75, 3.05) is 0 Å². The van der Waals surface area contributed by atoms with Gasteiger partial charge < -0.3 is 0 Å². The highest BCUT2D eigenvalue weighted by atomic mass is 32.1. The molecule has 0 saturated heterocycles. The van der Waals surface area contributed by atoms with Gasteiger partial charge in [-0.1, -0.05) is 48.0 Å². The molecule has 2 aromatic carbocycles. The third-order valence-electron chi connectivity index (χ3n) is 4.56. The Balaban J connectivity index is 1.70. The first kappa shape index (κ1) is 18.1. The van der Waals surface area contributed by atoms with Crippen molar-refractivity contribution >= 4 is 34.4 Å². The maximum Gasteiger partial charge on any atom is 0.272 e. The summed E-state index contributed by atoms with van der Waals surface area (Å²) in [5, 5.41) is 6.94. The van der Waals surface area contributed by atoms with Crippen molar-refractivity contribution in [2.45, 2.75) is 13.8 Å². The van der Waals surface area contributed by atoms with Crippen LogP contribution in [0.3, 0.4) is 0 Å². The third-order valence-corrected chi connectivity index (χ3v) is 5.51. The fourth-order valence-electron chi connectivity index (χ4n) is 2.96. The molecule has 0 saturated carbocycles. The predicted molar refractivity (Wildman–Crippen MR) is 116 cm³/mol. The van der Waals surface area contributed by atoms with Gasteiger partial charge in [-0.3, -0.25) is 4.79 Å². The number of amides is 1. The molecule has 1 N–H and O–H groups in total. The second-order valence-corrected chi connectivity index (χ2v) is 7.55. The molecular weight excluding hydrogens is 366 g/mol. The van der Waals surface area contributed by atoms with Crippen LogP contribution in [0.25, 0.3) is 22.2 Å². The van der Waals surface area contributed by atoms with E-state index in [2.05, 4.69) is 10.5 Å². The van der Waals surface area contributed by atoms with Gasteiger partial charge in [-0.2, -0.15) is 5.10 Å². The Labute approximate surface area is 167 Å². The standard InChI is InChI=1S/C23H19N3OS/c1-15-7-9-17(10-8-15)21-13-19(18-5-3-4-6-20(18)25-21)23(27)26-24-14-22-16(2)11-12-28-22/h3-14H,1-2H3,(H,26,27). The van der Waals surface area contributed by atoms with Crippen molar-refractivity contribution in [3.63, 3.8) is 0 Å². The maximum atomic E-state index is 12.9. The number of carbonyl (C=O) groups excluding carboxylic acids is 1. The van der Waals surface area contributed by atoms with Crippen LogP contribution >= 0.6 is 11.3 Å². The fourth-order valence-corrected chi connectivity index (χ4v) is 3.75. The molecule has 0 aliphatic carbocycles. The van der Waals surface area contributed by atoms with Gasteiger partial charge in [0, 0.05) is 15.8 Å². The van der Waals surface area contributed by atoms with Crippen LogP contribution in [0.1, 0.15) is 26.4 Å². The molecule has 2 heterocycles. The van der Waals surface area contributed by atoms with E-state index in [1.54, 1.807) is 17.6 Å². The van der Waals surface area contributed by atoms with E-state index in [0.717, 1.165) is 32.6 Å². The summed E-state index contributed by atoms with van der Waals surface area (Å²) in [4.78, 5) is 18.6. The number of hydrazone groups is 1. The number of nitrogens with one attached hydrogen (secondary N) is 1. The number of aryl methyl sites for hydroxylation is 2. The topological polar surface area (TPSA) is 54.4 Å². The molecule has 0 atom stereocenters. The largest absolute Gasteiger partial charge is 0.272 e. The van der Waals surface area contributed by atoms with Crippen LogP contribution in [-0.2, 0) is 0 Å². The van der Waals surface area contributed by atoms with Crippen molar-refractivity contribution in [3.05, 3.63) is 87.6 Å². The molecule has 0 aliphatic rings. The van der Waals surface area contributed by atoms with Crippen molar-refractivity contribution in [1.82, 2.24) is 10.4 Å². The summed E-state index contributed by atoms with van der Waals surface area (Å²) >= 11 is 1.59. The van der Waals surface area contributed by atoms with E-state index >= 15 is 0 Å². The molecule has 4 nitrogen and oxygen atoms in total. The van der Waals surface area contributed by atoms with Gasteiger partial charge in [0.15, 0.2) is 0 Å². The third kappa shape index (κ3) is 3.70. The summed E-state index contributed by atoms with van der Waals surface area (Å²) in [6.45, 7) is 4.06. The molecule has 5 heteroatoms. The monoisotopic (exact) mass is 385 g/mol. The average Bonchev–Trinajstić information content (AvgIpc) is 3.12. The number of aromatic nitrogens is 1. The molecule has 0 bridgehead atoms. The number of rotatable bonds is 4. The zero-order valence-corrected chi connectivity index (χ0v) is 16.5.